The summed E-state index contributed by atoms with van der Waals surface area (Å²) in [6.07, 6.45) is 0. The van der Waals surface area contributed by atoms with Crippen molar-refractivity contribution >= 4 is 43.9 Å². The van der Waals surface area contributed by atoms with Crippen LogP contribution >= 0.6 is 0 Å². The molecular weight excluding hydrogens is 615 g/mol. The van der Waals surface area contributed by atoms with E-state index in [2.05, 4.69) is 66.7 Å². The number of benzene rings is 7. The first-order valence-corrected chi connectivity index (χ1v) is 16.6. The zero-order valence-corrected chi connectivity index (χ0v) is 26.7. The monoisotopic (exact) mass is 641 g/mol. The largest absolute Gasteiger partial charge is 0.456 e. The normalized spacial score (nSPS) is 11.6. The quantitative estimate of drug-likeness (QED) is 0.187. The lowest BCUT2D eigenvalue weighted by molar-refractivity contribution is 0.669. The maximum Gasteiger partial charge on any atom is 0.164 e. The average molecular weight is 642 g/mol. The van der Waals surface area contributed by atoms with Crippen LogP contribution in [0.4, 0.5) is 0 Å². The molecule has 5 nitrogen and oxygen atoms in total. The van der Waals surface area contributed by atoms with E-state index < -0.39 is 0 Å². The predicted octanol–water partition coefficient (Wildman–Crippen LogP) is 12.0. The molecule has 10 aromatic rings. The van der Waals surface area contributed by atoms with Crippen LogP contribution in [-0.2, 0) is 0 Å². The van der Waals surface area contributed by atoms with Crippen molar-refractivity contribution in [2.75, 3.05) is 0 Å². The van der Waals surface area contributed by atoms with Crippen molar-refractivity contribution in [3.8, 4) is 56.4 Å². The molecule has 3 heterocycles. The molecule has 0 unspecified atom stereocenters. The Morgan fingerprint density at radius 2 is 0.840 bits per heavy atom. The molecule has 50 heavy (non-hydrogen) atoms. The summed E-state index contributed by atoms with van der Waals surface area (Å²) in [4.78, 5) is 15.0. The van der Waals surface area contributed by atoms with E-state index in [1.165, 1.54) is 0 Å². The maximum absolute atomic E-state index is 6.58. The third kappa shape index (κ3) is 4.67. The van der Waals surface area contributed by atoms with Crippen LogP contribution in [0.3, 0.4) is 0 Å². The fraction of sp³-hybridized carbons (Fsp3) is 0. The van der Waals surface area contributed by atoms with Crippen LogP contribution in [0.15, 0.2) is 173 Å². The molecule has 0 fully saturated rings. The second kappa shape index (κ2) is 11.4. The Morgan fingerprint density at radius 1 is 0.300 bits per heavy atom. The van der Waals surface area contributed by atoms with Gasteiger partial charge in [-0.15, -0.1) is 0 Å². The van der Waals surface area contributed by atoms with Gasteiger partial charge in [-0.2, -0.15) is 0 Å². The highest BCUT2D eigenvalue weighted by atomic mass is 16.3. The SMILES string of the molecule is c1ccc(-c2nc(-c3ccccc3)nc(-c3ccc(-c4ccc5c(c4)oc4ccccc45)c(-c4cccc5c4oc4ccccc45)c3)n2)cc1. The van der Waals surface area contributed by atoms with Gasteiger partial charge in [-0.05, 0) is 47.0 Å². The fourth-order valence-corrected chi connectivity index (χ4v) is 6.95. The first kappa shape index (κ1) is 28.2. The number of hydrogen-bond acceptors (Lipinski definition) is 5. The fourth-order valence-electron chi connectivity index (χ4n) is 6.95. The molecule has 7 aromatic carbocycles. The highest BCUT2D eigenvalue weighted by Crippen LogP contribution is 2.42. The van der Waals surface area contributed by atoms with Gasteiger partial charge in [0.05, 0.1) is 0 Å². The van der Waals surface area contributed by atoms with Crippen LogP contribution in [0.25, 0.3) is 100 Å². The number of fused-ring (bicyclic) bond motifs is 6. The van der Waals surface area contributed by atoms with Gasteiger partial charge in [0, 0.05) is 43.8 Å². The molecule has 0 aliphatic rings. The second-order valence-electron chi connectivity index (χ2n) is 12.4. The van der Waals surface area contributed by atoms with Crippen LogP contribution < -0.4 is 0 Å². The minimum Gasteiger partial charge on any atom is -0.456 e. The topological polar surface area (TPSA) is 65.0 Å². The van der Waals surface area contributed by atoms with Crippen molar-refractivity contribution in [3.63, 3.8) is 0 Å². The van der Waals surface area contributed by atoms with Gasteiger partial charge in [-0.25, -0.2) is 15.0 Å². The van der Waals surface area contributed by atoms with Gasteiger partial charge in [-0.3, -0.25) is 0 Å². The number of rotatable bonds is 5. The second-order valence-corrected chi connectivity index (χ2v) is 12.4. The molecule has 0 atom stereocenters. The third-order valence-electron chi connectivity index (χ3n) is 9.36. The summed E-state index contributed by atoms with van der Waals surface area (Å²) in [6, 6.07) is 55.7. The summed E-state index contributed by atoms with van der Waals surface area (Å²) in [6.45, 7) is 0. The Labute approximate surface area is 287 Å². The van der Waals surface area contributed by atoms with Crippen molar-refractivity contribution in [2.45, 2.75) is 0 Å². The van der Waals surface area contributed by atoms with Crippen LogP contribution in [0.5, 0.6) is 0 Å². The van der Waals surface area contributed by atoms with E-state index in [1.807, 2.05) is 97.1 Å². The Bertz CT molecular complexity index is 2810. The first-order valence-electron chi connectivity index (χ1n) is 16.6. The van der Waals surface area contributed by atoms with E-state index in [-0.39, 0.29) is 0 Å². The third-order valence-corrected chi connectivity index (χ3v) is 9.36. The number of furan rings is 2. The molecular formula is C45H27N3O2. The standard InChI is InChI=1S/C45H27N3O2/c1-3-12-28(13-4-1)43-46-44(29-14-5-2-6-15-29)48-45(47-43)31-23-24-32(30-22-25-35-33-16-7-9-20-39(33)49-41(35)27-30)38(26-31)37-19-11-18-36-34-17-8-10-21-40(34)50-42(36)37/h1-27H. The van der Waals surface area contributed by atoms with Crippen molar-refractivity contribution in [1.82, 2.24) is 15.0 Å². The molecule has 3 aromatic heterocycles. The molecule has 0 radical (unpaired) electrons. The first-order chi connectivity index (χ1) is 24.8. The molecule has 0 amide bonds. The molecule has 0 aliphatic heterocycles. The summed E-state index contributed by atoms with van der Waals surface area (Å²) in [5.41, 5.74) is 10.2. The highest BCUT2D eigenvalue weighted by Gasteiger charge is 2.19. The molecule has 0 saturated heterocycles. The molecule has 0 N–H and O–H groups in total. The molecule has 0 spiro atoms. The highest BCUT2D eigenvalue weighted by molar-refractivity contribution is 6.11. The van der Waals surface area contributed by atoms with E-state index in [0.717, 1.165) is 82.8 Å². The number of para-hydroxylation sites is 3. The van der Waals surface area contributed by atoms with Gasteiger partial charge in [0.15, 0.2) is 17.5 Å². The summed E-state index contributed by atoms with van der Waals surface area (Å²) in [7, 11) is 0. The predicted molar refractivity (Wildman–Crippen MR) is 202 cm³/mol. The zero-order chi connectivity index (χ0) is 33.0. The minimum atomic E-state index is 0.593. The van der Waals surface area contributed by atoms with Crippen molar-refractivity contribution < 1.29 is 8.83 Å². The minimum absolute atomic E-state index is 0.593. The van der Waals surface area contributed by atoms with Gasteiger partial charge in [0.25, 0.3) is 0 Å². The lowest BCUT2D eigenvalue weighted by atomic mass is 9.91. The summed E-state index contributed by atoms with van der Waals surface area (Å²) >= 11 is 0. The number of aromatic nitrogens is 3. The van der Waals surface area contributed by atoms with Gasteiger partial charge in [0.1, 0.15) is 22.3 Å². The van der Waals surface area contributed by atoms with E-state index >= 15 is 0 Å². The number of hydrogen-bond donors (Lipinski definition) is 0. The smallest absolute Gasteiger partial charge is 0.164 e. The molecule has 234 valence electrons. The Kier molecular flexibility index (Phi) is 6.42. The van der Waals surface area contributed by atoms with Crippen LogP contribution in [0.1, 0.15) is 0 Å². The molecule has 0 bridgehead atoms. The summed E-state index contributed by atoms with van der Waals surface area (Å²) in [5.74, 6) is 1.83. The summed E-state index contributed by atoms with van der Waals surface area (Å²) < 4.78 is 12.9. The summed E-state index contributed by atoms with van der Waals surface area (Å²) in [5, 5.41) is 4.35. The molecule has 10 rings (SSSR count). The molecule has 0 saturated carbocycles. The molecule has 0 aliphatic carbocycles. The van der Waals surface area contributed by atoms with Gasteiger partial charge < -0.3 is 8.83 Å². The van der Waals surface area contributed by atoms with E-state index in [4.69, 9.17) is 23.8 Å². The lowest BCUT2D eigenvalue weighted by Gasteiger charge is -2.14. The number of nitrogens with zero attached hydrogens (tertiary/aromatic N) is 3. The van der Waals surface area contributed by atoms with Gasteiger partial charge in [-0.1, -0.05) is 133 Å². The lowest BCUT2D eigenvalue weighted by Crippen LogP contribution is -2.00. The maximum atomic E-state index is 6.58. The van der Waals surface area contributed by atoms with E-state index in [0.29, 0.717) is 17.5 Å². The van der Waals surface area contributed by atoms with Crippen molar-refractivity contribution in [2.24, 2.45) is 0 Å². The van der Waals surface area contributed by atoms with Gasteiger partial charge >= 0.3 is 0 Å². The molecule has 5 heteroatoms. The average Bonchev–Trinajstić information content (AvgIpc) is 3.76. The Balaban J connectivity index is 1.22. The Hall–Kier alpha value is -6.85. The van der Waals surface area contributed by atoms with Crippen LogP contribution in [0, 0.1) is 0 Å². The van der Waals surface area contributed by atoms with E-state index in [9.17, 15) is 0 Å². The Morgan fingerprint density at radius 3 is 1.54 bits per heavy atom. The van der Waals surface area contributed by atoms with Crippen molar-refractivity contribution in [1.29, 1.82) is 0 Å². The van der Waals surface area contributed by atoms with Crippen molar-refractivity contribution in [3.05, 3.63) is 164 Å². The van der Waals surface area contributed by atoms with Crippen LogP contribution in [-0.4, -0.2) is 15.0 Å². The zero-order valence-electron chi connectivity index (χ0n) is 26.7. The van der Waals surface area contributed by atoms with Gasteiger partial charge in [0.2, 0.25) is 0 Å². The van der Waals surface area contributed by atoms with Crippen LogP contribution in [0.2, 0.25) is 0 Å². The van der Waals surface area contributed by atoms with E-state index in [1.54, 1.807) is 0 Å².